The molecule has 0 saturated heterocycles. The summed E-state index contributed by atoms with van der Waals surface area (Å²) in [5.41, 5.74) is 4.18. The third-order valence-corrected chi connectivity index (χ3v) is 5.77. The van der Waals surface area contributed by atoms with Crippen molar-refractivity contribution in [3.63, 3.8) is 0 Å². The lowest BCUT2D eigenvalue weighted by Crippen LogP contribution is -2.36. The van der Waals surface area contributed by atoms with Crippen LogP contribution in [0.25, 0.3) is 11.0 Å². The molecule has 1 aliphatic heterocycles. The largest absolute Gasteiger partial charge is 0.345 e. The highest BCUT2D eigenvalue weighted by molar-refractivity contribution is 7.88. The lowest BCUT2D eigenvalue weighted by molar-refractivity contribution is 0.102. The molecule has 2 aromatic heterocycles. The third kappa shape index (κ3) is 2.95. The highest BCUT2D eigenvalue weighted by atomic mass is 32.2. The molecular weight excluding hydrogens is 354 g/mol. The van der Waals surface area contributed by atoms with Gasteiger partial charge in [-0.15, -0.1) is 0 Å². The van der Waals surface area contributed by atoms with Gasteiger partial charge in [-0.2, -0.15) is 4.31 Å². The lowest BCUT2D eigenvalue weighted by Gasteiger charge is -2.27. The van der Waals surface area contributed by atoms with Crippen molar-refractivity contribution >= 4 is 32.7 Å². The summed E-state index contributed by atoms with van der Waals surface area (Å²) < 4.78 is 24.9. The van der Waals surface area contributed by atoms with Crippen molar-refractivity contribution < 1.29 is 13.2 Å². The molecule has 9 heteroatoms. The quantitative estimate of drug-likeness (QED) is 0.726. The van der Waals surface area contributed by atoms with Crippen LogP contribution >= 0.6 is 0 Å². The van der Waals surface area contributed by atoms with Crippen molar-refractivity contribution in [1.29, 1.82) is 0 Å². The van der Waals surface area contributed by atoms with Gasteiger partial charge in [-0.25, -0.2) is 13.4 Å². The number of aromatic nitrogens is 3. The number of pyridine rings is 1. The second-order valence-corrected chi connectivity index (χ2v) is 8.21. The zero-order valence-corrected chi connectivity index (χ0v) is 14.9. The molecule has 0 radical (unpaired) electrons. The van der Waals surface area contributed by atoms with Crippen LogP contribution in [0.4, 0.5) is 5.69 Å². The van der Waals surface area contributed by atoms with Gasteiger partial charge in [0.2, 0.25) is 10.0 Å². The minimum Gasteiger partial charge on any atom is -0.345 e. The number of carbonyl (C=O) groups is 1. The second kappa shape index (κ2) is 6.19. The van der Waals surface area contributed by atoms with Gasteiger partial charge in [0.25, 0.3) is 5.91 Å². The molecule has 0 aliphatic carbocycles. The first kappa shape index (κ1) is 16.7. The summed E-state index contributed by atoms with van der Waals surface area (Å²) in [7, 11) is -3.27. The van der Waals surface area contributed by atoms with Crippen LogP contribution in [0.1, 0.15) is 21.5 Å². The average Bonchev–Trinajstić information content (AvgIpc) is 3.09. The van der Waals surface area contributed by atoms with Crippen molar-refractivity contribution in [3.05, 3.63) is 53.6 Å². The summed E-state index contributed by atoms with van der Waals surface area (Å²) in [6, 6.07) is 5.50. The van der Waals surface area contributed by atoms with Gasteiger partial charge >= 0.3 is 0 Å². The van der Waals surface area contributed by atoms with E-state index >= 15 is 0 Å². The van der Waals surface area contributed by atoms with Crippen LogP contribution < -0.4 is 5.32 Å². The minimum atomic E-state index is -3.27. The highest BCUT2D eigenvalue weighted by Gasteiger charge is 2.26. The van der Waals surface area contributed by atoms with Crippen molar-refractivity contribution in [3.8, 4) is 0 Å². The molecule has 2 N–H and O–H groups in total. The Morgan fingerprint density at radius 3 is 2.96 bits per heavy atom. The molecule has 3 heterocycles. The number of nitrogens with zero attached hydrogens (tertiary/aromatic N) is 3. The Balaban J connectivity index is 1.65. The SMILES string of the molecule is CS(=O)(=O)N1CCc2c(cncc2C(=O)Nc2cccc3[nH]cnc23)C1. The van der Waals surface area contributed by atoms with Crippen LogP contribution in [-0.2, 0) is 23.0 Å². The number of carbonyl (C=O) groups excluding carboxylic acids is 1. The Labute approximate surface area is 150 Å². The van der Waals surface area contributed by atoms with Gasteiger partial charge in [-0.1, -0.05) is 6.07 Å². The topological polar surface area (TPSA) is 108 Å². The van der Waals surface area contributed by atoms with E-state index < -0.39 is 10.0 Å². The number of imidazole rings is 1. The van der Waals surface area contributed by atoms with Gasteiger partial charge in [0.15, 0.2) is 0 Å². The maximum atomic E-state index is 12.8. The van der Waals surface area contributed by atoms with E-state index in [4.69, 9.17) is 0 Å². The first-order valence-corrected chi connectivity index (χ1v) is 9.92. The number of hydrogen-bond acceptors (Lipinski definition) is 5. The van der Waals surface area contributed by atoms with Gasteiger partial charge in [0.1, 0.15) is 5.52 Å². The predicted molar refractivity (Wildman–Crippen MR) is 97.2 cm³/mol. The number of para-hydroxylation sites is 1. The smallest absolute Gasteiger partial charge is 0.257 e. The highest BCUT2D eigenvalue weighted by Crippen LogP contribution is 2.25. The van der Waals surface area contributed by atoms with Crippen LogP contribution in [0.3, 0.4) is 0 Å². The Morgan fingerprint density at radius 1 is 1.31 bits per heavy atom. The second-order valence-electron chi connectivity index (χ2n) is 6.23. The first-order chi connectivity index (χ1) is 12.4. The fourth-order valence-electron chi connectivity index (χ4n) is 3.20. The zero-order chi connectivity index (χ0) is 18.3. The summed E-state index contributed by atoms with van der Waals surface area (Å²) in [4.78, 5) is 24.2. The molecule has 3 aromatic rings. The van der Waals surface area contributed by atoms with Crippen molar-refractivity contribution in [2.45, 2.75) is 13.0 Å². The summed E-state index contributed by atoms with van der Waals surface area (Å²) in [6.45, 7) is 0.586. The van der Waals surface area contributed by atoms with Gasteiger partial charge in [-0.3, -0.25) is 9.78 Å². The number of hydrogen-bond donors (Lipinski definition) is 2. The van der Waals surface area contributed by atoms with Gasteiger partial charge in [0.05, 0.1) is 29.4 Å². The van der Waals surface area contributed by atoms with E-state index in [1.165, 1.54) is 16.8 Å². The Kier molecular flexibility index (Phi) is 3.97. The molecule has 1 aliphatic rings. The van der Waals surface area contributed by atoms with Crippen molar-refractivity contribution in [2.75, 3.05) is 18.1 Å². The fraction of sp³-hybridized carbons (Fsp3) is 0.235. The Morgan fingerprint density at radius 2 is 2.15 bits per heavy atom. The first-order valence-electron chi connectivity index (χ1n) is 8.08. The van der Waals surface area contributed by atoms with Gasteiger partial charge in [-0.05, 0) is 29.7 Å². The molecule has 0 unspecified atom stereocenters. The van der Waals surface area contributed by atoms with E-state index in [1.54, 1.807) is 18.6 Å². The monoisotopic (exact) mass is 371 g/mol. The third-order valence-electron chi connectivity index (χ3n) is 4.52. The molecule has 0 bridgehead atoms. The van der Waals surface area contributed by atoms with Gasteiger partial charge < -0.3 is 10.3 Å². The maximum Gasteiger partial charge on any atom is 0.257 e. The Hall–Kier alpha value is -2.78. The maximum absolute atomic E-state index is 12.8. The number of fused-ring (bicyclic) bond motifs is 2. The molecule has 26 heavy (non-hydrogen) atoms. The summed E-state index contributed by atoms with van der Waals surface area (Å²) in [6.07, 6.45) is 6.38. The van der Waals surface area contributed by atoms with Crippen molar-refractivity contribution in [2.24, 2.45) is 0 Å². The molecule has 0 fully saturated rings. The molecule has 1 aromatic carbocycles. The number of aromatic amines is 1. The number of H-pyrrole nitrogens is 1. The Bertz CT molecular complexity index is 1110. The molecule has 1 amide bonds. The average molecular weight is 371 g/mol. The van der Waals surface area contributed by atoms with Crippen LogP contribution in [0, 0.1) is 0 Å². The molecule has 0 atom stereocenters. The zero-order valence-electron chi connectivity index (χ0n) is 14.1. The van der Waals surface area contributed by atoms with E-state index in [2.05, 4.69) is 20.3 Å². The number of anilines is 1. The van der Waals surface area contributed by atoms with Crippen LogP contribution in [-0.4, -0.2) is 46.4 Å². The number of amides is 1. The van der Waals surface area contributed by atoms with E-state index in [1.807, 2.05) is 12.1 Å². The lowest BCUT2D eigenvalue weighted by atomic mass is 9.98. The summed E-state index contributed by atoms with van der Waals surface area (Å²) in [5.74, 6) is -0.280. The minimum absolute atomic E-state index is 0.233. The molecular formula is C17H17N5O3S. The van der Waals surface area contributed by atoms with Crippen LogP contribution in [0.2, 0.25) is 0 Å². The van der Waals surface area contributed by atoms with Crippen molar-refractivity contribution in [1.82, 2.24) is 19.3 Å². The van der Waals surface area contributed by atoms with Crippen LogP contribution in [0.15, 0.2) is 36.9 Å². The number of rotatable bonds is 3. The fourth-order valence-corrected chi connectivity index (χ4v) is 4.00. The summed E-state index contributed by atoms with van der Waals surface area (Å²) in [5, 5.41) is 2.89. The number of nitrogens with one attached hydrogen (secondary N) is 2. The van der Waals surface area contributed by atoms with E-state index in [-0.39, 0.29) is 12.5 Å². The number of sulfonamides is 1. The van der Waals surface area contributed by atoms with E-state index in [9.17, 15) is 13.2 Å². The molecule has 134 valence electrons. The molecule has 0 spiro atoms. The van der Waals surface area contributed by atoms with E-state index in [0.717, 1.165) is 16.6 Å². The number of benzene rings is 1. The normalized spacial score (nSPS) is 15.0. The van der Waals surface area contributed by atoms with Gasteiger partial charge in [0, 0.05) is 25.5 Å². The predicted octanol–water partition coefficient (Wildman–Crippen LogP) is 1.53. The molecule has 4 rings (SSSR count). The van der Waals surface area contributed by atoms with E-state index in [0.29, 0.717) is 29.7 Å². The molecule has 0 saturated carbocycles. The summed E-state index contributed by atoms with van der Waals surface area (Å²) >= 11 is 0. The van der Waals surface area contributed by atoms with Crippen LogP contribution in [0.5, 0.6) is 0 Å². The standard InChI is InChI=1S/C17H17N5O3S/c1-26(24,25)22-6-5-12-11(9-22)7-18-8-13(12)17(23)21-15-4-2-3-14-16(15)20-10-19-14/h2-4,7-8,10H,5-6,9H2,1H3,(H,19,20)(H,21,23). The molecule has 8 nitrogen and oxygen atoms in total.